The molecular weight excluding hydrogens is 232 g/mol. The third kappa shape index (κ3) is 4.54. The van der Waals surface area contributed by atoms with Crippen molar-refractivity contribution < 1.29 is 23.4 Å². The molecule has 0 saturated heterocycles. The lowest BCUT2D eigenvalue weighted by Gasteiger charge is -2.11. The highest BCUT2D eigenvalue weighted by atomic mass is 19.3. The number of aliphatic hydroxyl groups is 1. The first-order chi connectivity index (χ1) is 8.17. The highest BCUT2D eigenvalue weighted by molar-refractivity contribution is 5.42. The number of nitrogens with one attached hydrogen (secondary N) is 1. The Balaban J connectivity index is 2.70. The Hall–Kier alpha value is -1.40. The summed E-state index contributed by atoms with van der Waals surface area (Å²) >= 11 is 0. The lowest BCUT2D eigenvalue weighted by atomic mass is 10.2. The number of ether oxygens (including phenoxy) is 2. The van der Waals surface area contributed by atoms with Crippen LogP contribution in [0, 0.1) is 0 Å². The van der Waals surface area contributed by atoms with Gasteiger partial charge in [-0.25, -0.2) is 0 Å². The van der Waals surface area contributed by atoms with Crippen LogP contribution in [0.25, 0.3) is 0 Å². The number of aliphatic hydroxyl groups excluding tert-OH is 1. The number of hydrogen-bond acceptors (Lipinski definition) is 4. The Morgan fingerprint density at radius 2 is 2.12 bits per heavy atom. The van der Waals surface area contributed by atoms with Crippen LogP contribution in [0.5, 0.6) is 11.5 Å². The number of benzene rings is 1. The zero-order valence-corrected chi connectivity index (χ0v) is 9.45. The van der Waals surface area contributed by atoms with Crippen molar-refractivity contribution in [3.05, 3.63) is 23.8 Å². The first kappa shape index (κ1) is 13.7. The highest BCUT2D eigenvalue weighted by Crippen LogP contribution is 2.29. The smallest absolute Gasteiger partial charge is 0.387 e. The molecule has 1 aromatic rings. The molecule has 0 aromatic heterocycles. The van der Waals surface area contributed by atoms with Gasteiger partial charge >= 0.3 is 6.61 Å². The van der Waals surface area contributed by atoms with Crippen molar-refractivity contribution in [1.82, 2.24) is 5.32 Å². The van der Waals surface area contributed by atoms with Crippen LogP contribution in [0.3, 0.4) is 0 Å². The lowest BCUT2D eigenvalue weighted by molar-refractivity contribution is -0.0512. The molecule has 2 N–H and O–H groups in total. The van der Waals surface area contributed by atoms with E-state index in [1.165, 1.54) is 13.2 Å². The average Bonchev–Trinajstić information content (AvgIpc) is 2.30. The quantitative estimate of drug-likeness (QED) is 0.715. The maximum Gasteiger partial charge on any atom is 0.387 e. The van der Waals surface area contributed by atoms with Crippen molar-refractivity contribution in [2.75, 3.05) is 20.3 Å². The van der Waals surface area contributed by atoms with E-state index in [1.54, 1.807) is 12.1 Å². The molecule has 0 radical (unpaired) electrons. The summed E-state index contributed by atoms with van der Waals surface area (Å²) in [6.07, 6.45) is 0. The standard InChI is InChI=1S/C11H15F2NO3/c1-16-10-6-8(7-14-4-5-15)2-3-9(10)17-11(12)13/h2-3,6,11,14-15H,4-5,7H2,1H3. The van der Waals surface area contributed by atoms with Crippen molar-refractivity contribution in [3.63, 3.8) is 0 Å². The molecule has 96 valence electrons. The van der Waals surface area contributed by atoms with Gasteiger partial charge in [0.05, 0.1) is 13.7 Å². The van der Waals surface area contributed by atoms with Gasteiger partial charge in [0.1, 0.15) is 0 Å². The molecule has 0 unspecified atom stereocenters. The van der Waals surface area contributed by atoms with Crippen LogP contribution in [-0.2, 0) is 6.54 Å². The molecule has 1 aromatic carbocycles. The van der Waals surface area contributed by atoms with Gasteiger partial charge < -0.3 is 19.9 Å². The van der Waals surface area contributed by atoms with E-state index in [2.05, 4.69) is 10.1 Å². The van der Waals surface area contributed by atoms with Crippen LogP contribution in [0.15, 0.2) is 18.2 Å². The average molecular weight is 247 g/mol. The number of alkyl halides is 2. The van der Waals surface area contributed by atoms with Gasteiger partial charge in [0.25, 0.3) is 0 Å². The normalized spacial score (nSPS) is 10.6. The van der Waals surface area contributed by atoms with E-state index in [0.29, 0.717) is 13.1 Å². The highest BCUT2D eigenvalue weighted by Gasteiger charge is 2.10. The van der Waals surface area contributed by atoms with Crippen LogP contribution < -0.4 is 14.8 Å². The van der Waals surface area contributed by atoms with Crippen LogP contribution >= 0.6 is 0 Å². The van der Waals surface area contributed by atoms with Gasteiger partial charge in [-0.05, 0) is 17.7 Å². The summed E-state index contributed by atoms with van der Waals surface area (Å²) in [7, 11) is 1.39. The molecule has 0 spiro atoms. The Morgan fingerprint density at radius 1 is 1.35 bits per heavy atom. The second-order valence-electron chi connectivity index (χ2n) is 3.26. The SMILES string of the molecule is COc1cc(CNCCO)ccc1OC(F)F. The molecule has 0 atom stereocenters. The molecule has 0 aliphatic rings. The van der Waals surface area contributed by atoms with E-state index in [4.69, 9.17) is 9.84 Å². The zero-order chi connectivity index (χ0) is 12.7. The zero-order valence-electron chi connectivity index (χ0n) is 9.45. The second kappa shape index (κ2) is 7.03. The van der Waals surface area contributed by atoms with Crippen molar-refractivity contribution in [2.24, 2.45) is 0 Å². The fourth-order valence-electron chi connectivity index (χ4n) is 1.33. The Labute approximate surface area is 98.2 Å². The number of methoxy groups -OCH3 is 1. The molecule has 0 amide bonds. The monoisotopic (exact) mass is 247 g/mol. The maximum atomic E-state index is 12.1. The van der Waals surface area contributed by atoms with Crippen molar-refractivity contribution >= 4 is 0 Å². The summed E-state index contributed by atoms with van der Waals surface area (Å²) in [6, 6.07) is 4.70. The minimum atomic E-state index is -2.87. The summed E-state index contributed by atoms with van der Waals surface area (Å²) < 4.78 is 33.4. The van der Waals surface area contributed by atoms with Gasteiger partial charge in [0.15, 0.2) is 11.5 Å². The number of rotatable bonds is 7. The fraction of sp³-hybridized carbons (Fsp3) is 0.455. The number of halogens is 2. The van der Waals surface area contributed by atoms with E-state index in [9.17, 15) is 8.78 Å². The maximum absolute atomic E-state index is 12.1. The van der Waals surface area contributed by atoms with Gasteiger partial charge in [-0.3, -0.25) is 0 Å². The van der Waals surface area contributed by atoms with Crippen molar-refractivity contribution in [1.29, 1.82) is 0 Å². The van der Waals surface area contributed by atoms with E-state index in [1.807, 2.05) is 0 Å². The summed E-state index contributed by atoms with van der Waals surface area (Å²) in [5.41, 5.74) is 0.858. The first-order valence-corrected chi connectivity index (χ1v) is 5.10. The van der Waals surface area contributed by atoms with Crippen LogP contribution in [0.4, 0.5) is 8.78 Å². The van der Waals surface area contributed by atoms with Crippen LogP contribution in [0.1, 0.15) is 5.56 Å². The predicted octanol–water partition coefficient (Wildman–Crippen LogP) is 1.38. The van der Waals surface area contributed by atoms with Crippen molar-refractivity contribution in [3.8, 4) is 11.5 Å². The molecule has 0 heterocycles. The Kier molecular flexibility index (Phi) is 5.65. The van der Waals surface area contributed by atoms with E-state index in [-0.39, 0.29) is 18.1 Å². The molecular formula is C11H15F2NO3. The molecule has 0 aliphatic heterocycles. The van der Waals surface area contributed by atoms with Gasteiger partial charge in [-0.1, -0.05) is 6.07 Å². The second-order valence-corrected chi connectivity index (χ2v) is 3.26. The van der Waals surface area contributed by atoms with E-state index >= 15 is 0 Å². The van der Waals surface area contributed by atoms with Crippen molar-refractivity contribution in [2.45, 2.75) is 13.2 Å². The van der Waals surface area contributed by atoms with Gasteiger partial charge in [0.2, 0.25) is 0 Å². The van der Waals surface area contributed by atoms with Crippen LogP contribution in [0.2, 0.25) is 0 Å². The molecule has 6 heteroatoms. The molecule has 1 rings (SSSR count). The van der Waals surface area contributed by atoms with E-state index in [0.717, 1.165) is 5.56 Å². The largest absolute Gasteiger partial charge is 0.493 e. The van der Waals surface area contributed by atoms with Crippen LogP contribution in [-0.4, -0.2) is 32.0 Å². The topological polar surface area (TPSA) is 50.7 Å². The molecule has 0 bridgehead atoms. The summed E-state index contributed by atoms with van der Waals surface area (Å²) in [5, 5.41) is 11.6. The minimum Gasteiger partial charge on any atom is -0.493 e. The summed E-state index contributed by atoms with van der Waals surface area (Å²) in [5.74, 6) is 0.266. The third-order valence-electron chi connectivity index (χ3n) is 2.06. The minimum absolute atomic E-state index is 0.00779. The molecule has 0 saturated carbocycles. The summed E-state index contributed by atoms with van der Waals surface area (Å²) in [6.45, 7) is -1.84. The molecule has 0 fully saturated rings. The Bertz CT molecular complexity index is 347. The Morgan fingerprint density at radius 3 is 2.71 bits per heavy atom. The molecule has 4 nitrogen and oxygen atoms in total. The number of hydrogen-bond donors (Lipinski definition) is 2. The first-order valence-electron chi connectivity index (χ1n) is 5.10. The van der Waals surface area contributed by atoms with E-state index < -0.39 is 6.61 Å². The van der Waals surface area contributed by atoms with Gasteiger partial charge in [-0.15, -0.1) is 0 Å². The molecule has 17 heavy (non-hydrogen) atoms. The molecule has 0 aliphatic carbocycles. The summed E-state index contributed by atoms with van der Waals surface area (Å²) in [4.78, 5) is 0. The lowest BCUT2D eigenvalue weighted by Crippen LogP contribution is -2.17. The fourth-order valence-corrected chi connectivity index (χ4v) is 1.33. The van der Waals surface area contributed by atoms with Gasteiger partial charge in [0, 0.05) is 13.1 Å². The predicted molar refractivity (Wildman–Crippen MR) is 58.4 cm³/mol. The van der Waals surface area contributed by atoms with Gasteiger partial charge in [-0.2, -0.15) is 8.78 Å². The third-order valence-corrected chi connectivity index (χ3v) is 2.06.